The molecular weight excluding hydrogens is 359 g/mol. The van der Waals surface area contributed by atoms with E-state index in [1.165, 1.54) is 16.9 Å². The van der Waals surface area contributed by atoms with Crippen molar-refractivity contribution < 1.29 is 9.53 Å². The van der Waals surface area contributed by atoms with E-state index in [1.807, 2.05) is 24.3 Å². The molecule has 0 N–H and O–H groups in total. The molecular formula is C13H11IN2O3. The van der Waals surface area contributed by atoms with Crippen molar-refractivity contribution in [3.05, 3.63) is 56.0 Å². The standard InChI is InChI=1S/C13H11IN2O3/c1-2-19-13(18)12-11(17)6-7-16(15-12)10-5-3-4-9(14)8-10/h3-8H,2H2,1H3. The maximum atomic E-state index is 11.6. The summed E-state index contributed by atoms with van der Waals surface area (Å²) in [4.78, 5) is 23.2. The van der Waals surface area contributed by atoms with Crippen molar-refractivity contribution >= 4 is 28.6 Å². The molecule has 1 heterocycles. The Labute approximate surface area is 123 Å². The van der Waals surface area contributed by atoms with Crippen LogP contribution in [0.15, 0.2) is 41.3 Å². The summed E-state index contributed by atoms with van der Waals surface area (Å²) in [5.41, 5.74) is 0.126. The number of esters is 1. The minimum atomic E-state index is -0.701. The summed E-state index contributed by atoms with van der Waals surface area (Å²) < 4.78 is 7.32. The Hall–Kier alpha value is -1.70. The fraction of sp³-hybridized carbons (Fsp3) is 0.154. The van der Waals surface area contributed by atoms with Gasteiger partial charge < -0.3 is 4.74 Å². The predicted molar refractivity (Wildman–Crippen MR) is 78.5 cm³/mol. The minimum Gasteiger partial charge on any atom is -0.461 e. The van der Waals surface area contributed by atoms with E-state index in [-0.39, 0.29) is 12.3 Å². The van der Waals surface area contributed by atoms with E-state index < -0.39 is 11.4 Å². The van der Waals surface area contributed by atoms with Crippen molar-refractivity contribution in [1.29, 1.82) is 0 Å². The summed E-state index contributed by atoms with van der Waals surface area (Å²) in [7, 11) is 0. The lowest BCUT2D eigenvalue weighted by Crippen LogP contribution is -2.22. The highest BCUT2D eigenvalue weighted by molar-refractivity contribution is 14.1. The van der Waals surface area contributed by atoms with Gasteiger partial charge in [0.1, 0.15) is 0 Å². The molecule has 0 saturated carbocycles. The summed E-state index contributed by atoms with van der Waals surface area (Å²) in [5.74, 6) is -0.701. The number of rotatable bonds is 3. The van der Waals surface area contributed by atoms with Gasteiger partial charge in [0.2, 0.25) is 11.1 Å². The minimum absolute atomic E-state index is 0.205. The first-order chi connectivity index (χ1) is 9.11. The molecule has 0 saturated heterocycles. The highest BCUT2D eigenvalue weighted by atomic mass is 127. The van der Waals surface area contributed by atoms with E-state index in [9.17, 15) is 9.59 Å². The third-order valence-corrected chi connectivity index (χ3v) is 3.02. The van der Waals surface area contributed by atoms with E-state index >= 15 is 0 Å². The third kappa shape index (κ3) is 3.19. The number of carbonyl (C=O) groups excluding carboxylic acids is 1. The molecule has 0 unspecified atom stereocenters. The number of halogens is 1. The van der Waals surface area contributed by atoms with Crippen molar-refractivity contribution in [2.45, 2.75) is 6.92 Å². The second-order valence-electron chi connectivity index (χ2n) is 3.67. The van der Waals surface area contributed by atoms with E-state index in [2.05, 4.69) is 27.7 Å². The van der Waals surface area contributed by atoms with Gasteiger partial charge in [-0.15, -0.1) is 0 Å². The highest BCUT2D eigenvalue weighted by Crippen LogP contribution is 2.10. The lowest BCUT2D eigenvalue weighted by atomic mass is 10.3. The first kappa shape index (κ1) is 13.7. The number of ether oxygens (including phenoxy) is 1. The van der Waals surface area contributed by atoms with Gasteiger partial charge in [0.05, 0.1) is 12.3 Å². The number of hydrogen-bond acceptors (Lipinski definition) is 4. The Kier molecular flexibility index (Phi) is 4.31. The molecule has 0 bridgehead atoms. The maximum Gasteiger partial charge on any atom is 0.362 e. The molecule has 0 aliphatic carbocycles. The van der Waals surface area contributed by atoms with Crippen LogP contribution in [-0.2, 0) is 4.74 Å². The summed E-state index contributed by atoms with van der Waals surface area (Å²) in [6.07, 6.45) is 1.52. The van der Waals surface area contributed by atoms with E-state index in [1.54, 1.807) is 6.92 Å². The average molecular weight is 370 g/mol. The third-order valence-electron chi connectivity index (χ3n) is 2.35. The van der Waals surface area contributed by atoms with Crippen LogP contribution in [0, 0.1) is 3.57 Å². The Bertz CT molecular complexity index is 667. The quantitative estimate of drug-likeness (QED) is 0.613. The van der Waals surface area contributed by atoms with Crippen LogP contribution in [0.5, 0.6) is 0 Å². The summed E-state index contributed by atoms with van der Waals surface area (Å²) in [5, 5.41) is 4.03. The maximum absolute atomic E-state index is 11.6. The van der Waals surface area contributed by atoms with Gasteiger partial charge in [0.25, 0.3) is 0 Å². The number of aromatic nitrogens is 2. The van der Waals surface area contributed by atoms with E-state index in [0.717, 1.165) is 9.26 Å². The zero-order chi connectivity index (χ0) is 13.8. The zero-order valence-corrected chi connectivity index (χ0v) is 12.3. The van der Waals surface area contributed by atoms with Gasteiger partial charge >= 0.3 is 5.97 Å². The lowest BCUT2D eigenvalue weighted by molar-refractivity contribution is 0.0515. The lowest BCUT2D eigenvalue weighted by Gasteiger charge is -2.07. The van der Waals surface area contributed by atoms with Gasteiger partial charge in [-0.25, -0.2) is 9.48 Å². The van der Waals surface area contributed by atoms with Crippen molar-refractivity contribution in [1.82, 2.24) is 9.78 Å². The van der Waals surface area contributed by atoms with Crippen molar-refractivity contribution in [2.75, 3.05) is 6.61 Å². The molecule has 1 aromatic carbocycles. The van der Waals surface area contributed by atoms with Crippen LogP contribution in [-0.4, -0.2) is 22.4 Å². The molecule has 98 valence electrons. The van der Waals surface area contributed by atoms with Gasteiger partial charge in [-0.1, -0.05) is 6.07 Å². The summed E-state index contributed by atoms with van der Waals surface area (Å²) >= 11 is 2.18. The number of hydrogen-bond donors (Lipinski definition) is 0. The van der Waals surface area contributed by atoms with Gasteiger partial charge in [-0.05, 0) is 47.7 Å². The molecule has 0 spiro atoms. The summed E-state index contributed by atoms with van der Waals surface area (Å²) in [6, 6.07) is 8.86. The molecule has 2 rings (SSSR count). The van der Waals surface area contributed by atoms with E-state index in [0.29, 0.717) is 0 Å². The number of benzene rings is 1. The molecule has 6 heteroatoms. The normalized spacial score (nSPS) is 10.2. The second-order valence-corrected chi connectivity index (χ2v) is 4.92. The van der Waals surface area contributed by atoms with Crippen molar-refractivity contribution in [2.24, 2.45) is 0 Å². The van der Waals surface area contributed by atoms with Crippen LogP contribution in [0.4, 0.5) is 0 Å². The van der Waals surface area contributed by atoms with Crippen LogP contribution in [0.3, 0.4) is 0 Å². The Morgan fingerprint density at radius 3 is 2.89 bits per heavy atom. The van der Waals surface area contributed by atoms with Gasteiger partial charge in [0, 0.05) is 15.8 Å². The van der Waals surface area contributed by atoms with Gasteiger partial charge in [-0.2, -0.15) is 5.10 Å². The largest absolute Gasteiger partial charge is 0.461 e. The van der Waals surface area contributed by atoms with Gasteiger partial charge in [0.15, 0.2) is 0 Å². The van der Waals surface area contributed by atoms with Gasteiger partial charge in [-0.3, -0.25) is 4.79 Å². The first-order valence-electron chi connectivity index (χ1n) is 5.65. The topological polar surface area (TPSA) is 61.2 Å². The smallest absolute Gasteiger partial charge is 0.362 e. The van der Waals surface area contributed by atoms with Crippen LogP contribution < -0.4 is 5.43 Å². The van der Waals surface area contributed by atoms with Crippen LogP contribution >= 0.6 is 22.6 Å². The molecule has 0 aliphatic heterocycles. The Morgan fingerprint density at radius 1 is 1.42 bits per heavy atom. The molecule has 19 heavy (non-hydrogen) atoms. The van der Waals surface area contributed by atoms with Crippen LogP contribution in [0.1, 0.15) is 17.4 Å². The second kappa shape index (κ2) is 5.96. The summed E-state index contributed by atoms with van der Waals surface area (Å²) in [6.45, 7) is 1.89. The zero-order valence-electron chi connectivity index (χ0n) is 10.2. The van der Waals surface area contributed by atoms with Crippen molar-refractivity contribution in [3.63, 3.8) is 0 Å². The van der Waals surface area contributed by atoms with Crippen molar-refractivity contribution in [3.8, 4) is 5.69 Å². The molecule has 0 radical (unpaired) electrons. The monoisotopic (exact) mass is 370 g/mol. The highest BCUT2D eigenvalue weighted by Gasteiger charge is 2.14. The fourth-order valence-corrected chi connectivity index (χ4v) is 2.04. The van der Waals surface area contributed by atoms with Crippen LogP contribution in [0.2, 0.25) is 0 Å². The van der Waals surface area contributed by atoms with E-state index in [4.69, 9.17) is 4.74 Å². The molecule has 0 aliphatic rings. The fourth-order valence-electron chi connectivity index (χ4n) is 1.51. The SMILES string of the molecule is CCOC(=O)c1nn(-c2cccc(I)c2)ccc1=O. The number of nitrogens with zero attached hydrogens (tertiary/aromatic N) is 2. The Morgan fingerprint density at radius 2 is 2.21 bits per heavy atom. The molecule has 0 fully saturated rings. The molecule has 1 aromatic heterocycles. The molecule has 5 nitrogen and oxygen atoms in total. The molecule has 0 amide bonds. The number of carbonyl (C=O) groups is 1. The Balaban J connectivity index is 2.47. The molecule has 2 aromatic rings. The first-order valence-corrected chi connectivity index (χ1v) is 6.72. The van der Waals surface area contributed by atoms with Crippen LogP contribution in [0.25, 0.3) is 5.69 Å². The average Bonchev–Trinajstić information content (AvgIpc) is 2.39. The molecule has 0 atom stereocenters. The predicted octanol–water partition coefficient (Wildman–Crippen LogP) is 2.01.